The van der Waals surface area contributed by atoms with E-state index in [0.29, 0.717) is 5.82 Å². The van der Waals surface area contributed by atoms with Gasteiger partial charge in [-0.1, -0.05) is 24.4 Å². The van der Waals surface area contributed by atoms with E-state index in [4.69, 9.17) is 5.73 Å². The molecule has 0 saturated heterocycles. The van der Waals surface area contributed by atoms with Crippen molar-refractivity contribution < 1.29 is 9.32 Å². The van der Waals surface area contributed by atoms with Gasteiger partial charge in [-0.2, -0.15) is 4.98 Å². The van der Waals surface area contributed by atoms with E-state index < -0.39 is 5.54 Å². The second-order valence-corrected chi connectivity index (χ2v) is 4.70. The Bertz CT molecular complexity index is 371. The molecule has 2 rings (SSSR count). The van der Waals surface area contributed by atoms with E-state index in [-0.39, 0.29) is 11.9 Å². The highest BCUT2D eigenvalue weighted by molar-refractivity contribution is 5.86. The molecule has 1 fully saturated rings. The molecule has 6 heteroatoms. The van der Waals surface area contributed by atoms with Gasteiger partial charge in [0.15, 0.2) is 5.82 Å². The highest BCUT2D eigenvalue weighted by atomic mass is 16.5. The third-order valence-corrected chi connectivity index (χ3v) is 3.31. The third-order valence-electron chi connectivity index (χ3n) is 3.31. The van der Waals surface area contributed by atoms with Crippen molar-refractivity contribution in [3.8, 4) is 0 Å². The largest absolute Gasteiger partial charge is 0.345 e. The minimum atomic E-state index is -0.726. The van der Waals surface area contributed by atoms with Gasteiger partial charge in [-0.3, -0.25) is 4.79 Å². The molecule has 1 unspecified atom stereocenters. The Hall–Kier alpha value is -1.43. The molecule has 0 aromatic carbocycles. The topological polar surface area (TPSA) is 94.0 Å². The van der Waals surface area contributed by atoms with Gasteiger partial charge in [-0.25, -0.2) is 0 Å². The zero-order chi connectivity index (χ0) is 12.3. The highest BCUT2D eigenvalue weighted by Crippen LogP contribution is 2.26. The molecule has 0 spiro atoms. The van der Waals surface area contributed by atoms with Gasteiger partial charge in [0.1, 0.15) is 0 Å². The lowest BCUT2D eigenvalue weighted by molar-refractivity contribution is -0.128. The number of hydrogen-bond acceptors (Lipinski definition) is 5. The molecule has 1 aromatic rings. The number of rotatable bonds is 3. The van der Waals surface area contributed by atoms with Gasteiger partial charge in [0, 0.05) is 0 Å². The lowest BCUT2D eigenvalue weighted by Crippen LogP contribution is -2.55. The van der Waals surface area contributed by atoms with Crippen LogP contribution in [0.5, 0.6) is 0 Å². The molecule has 0 radical (unpaired) electrons. The van der Waals surface area contributed by atoms with Crippen molar-refractivity contribution in [3.05, 3.63) is 12.2 Å². The fourth-order valence-corrected chi connectivity index (χ4v) is 2.18. The van der Waals surface area contributed by atoms with Gasteiger partial charge in [-0.15, -0.1) is 0 Å². The first-order valence-corrected chi connectivity index (χ1v) is 5.98. The van der Waals surface area contributed by atoms with Crippen LogP contribution >= 0.6 is 0 Å². The van der Waals surface area contributed by atoms with Crippen molar-refractivity contribution in [1.29, 1.82) is 0 Å². The maximum Gasteiger partial charge on any atom is 0.240 e. The zero-order valence-electron chi connectivity index (χ0n) is 9.98. The summed E-state index contributed by atoms with van der Waals surface area (Å²) in [5.74, 6) is 0.354. The maximum absolute atomic E-state index is 12.1. The van der Waals surface area contributed by atoms with Crippen molar-refractivity contribution >= 4 is 5.91 Å². The fraction of sp³-hybridized carbons (Fsp3) is 0.727. The number of hydrogen-bond donors (Lipinski definition) is 2. The summed E-state index contributed by atoms with van der Waals surface area (Å²) >= 11 is 0. The number of carbonyl (C=O) groups is 1. The van der Waals surface area contributed by atoms with E-state index in [1.54, 1.807) is 0 Å². The Labute approximate surface area is 99.9 Å². The van der Waals surface area contributed by atoms with Crippen LogP contribution in [0.25, 0.3) is 0 Å². The fourth-order valence-electron chi connectivity index (χ4n) is 2.18. The van der Waals surface area contributed by atoms with Crippen LogP contribution in [-0.4, -0.2) is 21.6 Å². The number of nitrogens with two attached hydrogens (primary N) is 1. The molecule has 1 aliphatic carbocycles. The summed E-state index contributed by atoms with van der Waals surface area (Å²) in [5.41, 5.74) is 5.40. The lowest BCUT2D eigenvalue weighted by atomic mass is 9.82. The molecule has 1 saturated carbocycles. The van der Waals surface area contributed by atoms with E-state index in [9.17, 15) is 4.79 Å². The second-order valence-electron chi connectivity index (χ2n) is 4.70. The summed E-state index contributed by atoms with van der Waals surface area (Å²) in [6.07, 6.45) is 5.93. The molecule has 6 nitrogen and oxygen atoms in total. The molecule has 1 amide bonds. The number of carbonyl (C=O) groups excluding carboxylic acids is 1. The molecule has 0 aliphatic heterocycles. The van der Waals surface area contributed by atoms with E-state index in [1.807, 2.05) is 6.92 Å². The Kier molecular flexibility index (Phi) is 3.42. The lowest BCUT2D eigenvalue weighted by Gasteiger charge is -2.32. The van der Waals surface area contributed by atoms with Crippen LogP contribution in [0.1, 0.15) is 50.9 Å². The van der Waals surface area contributed by atoms with Crippen LogP contribution in [-0.2, 0) is 4.79 Å². The predicted octanol–water partition coefficient (Wildman–Crippen LogP) is 0.908. The van der Waals surface area contributed by atoms with Gasteiger partial charge in [0.05, 0.1) is 11.6 Å². The Morgan fingerprint density at radius 3 is 2.82 bits per heavy atom. The number of nitrogens with zero attached hydrogens (tertiary/aromatic N) is 2. The molecule has 0 bridgehead atoms. The minimum absolute atomic E-state index is 0.116. The molecule has 1 aromatic heterocycles. The zero-order valence-corrected chi connectivity index (χ0v) is 9.98. The first-order chi connectivity index (χ1) is 8.12. The summed E-state index contributed by atoms with van der Waals surface area (Å²) in [4.78, 5) is 16.0. The molecule has 3 N–H and O–H groups in total. The monoisotopic (exact) mass is 238 g/mol. The van der Waals surface area contributed by atoms with E-state index in [1.165, 1.54) is 6.39 Å². The van der Waals surface area contributed by atoms with Crippen LogP contribution in [0.2, 0.25) is 0 Å². The summed E-state index contributed by atoms with van der Waals surface area (Å²) in [5, 5.41) is 6.54. The van der Waals surface area contributed by atoms with Gasteiger partial charge < -0.3 is 15.6 Å². The van der Waals surface area contributed by atoms with Gasteiger partial charge in [0.25, 0.3) is 0 Å². The SMILES string of the molecule is CC(NC(=O)C1(N)CCCCC1)c1ncon1. The van der Waals surface area contributed by atoms with Crippen LogP contribution < -0.4 is 11.1 Å². The summed E-state index contributed by atoms with van der Waals surface area (Å²) in [6.45, 7) is 1.81. The van der Waals surface area contributed by atoms with Crippen molar-refractivity contribution in [2.45, 2.75) is 50.6 Å². The van der Waals surface area contributed by atoms with E-state index >= 15 is 0 Å². The maximum atomic E-state index is 12.1. The van der Waals surface area contributed by atoms with Crippen molar-refractivity contribution in [2.75, 3.05) is 0 Å². The average Bonchev–Trinajstić information content (AvgIpc) is 2.83. The molecule has 1 aliphatic rings. The van der Waals surface area contributed by atoms with Gasteiger partial charge in [0.2, 0.25) is 12.3 Å². The smallest absolute Gasteiger partial charge is 0.240 e. The van der Waals surface area contributed by atoms with Crippen molar-refractivity contribution in [2.24, 2.45) is 5.73 Å². The summed E-state index contributed by atoms with van der Waals surface area (Å²) in [6, 6.07) is -0.274. The van der Waals surface area contributed by atoms with Crippen molar-refractivity contribution in [3.63, 3.8) is 0 Å². The van der Waals surface area contributed by atoms with Crippen LogP contribution in [0, 0.1) is 0 Å². The van der Waals surface area contributed by atoms with E-state index in [2.05, 4.69) is 20.0 Å². The number of amides is 1. The van der Waals surface area contributed by atoms with Crippen molar-refractivity contribution in [1.82, 2.24) is 15.5 Å². The first kappa shape index (κ1) is 12.0. The molecular weight excluding hydrogens is 220 g/mol. The standard InChI is InChI=1S/C11H18N4O2/c1-8(9-13-7-17-15-9)14-10(16)11(12)5-3-2-4-6-11/h7-8H,2-6,12H2,1H3,(H,14,16). The second kappa shape index (κ2) is 4.83. The van der Waals surface area contributed by atoms with E-state index in [0.717, 1.165) is 32.1 Å². The third kappa shape index (κ3) is 2.63. The first-order valence-electron chi connectivity index (χ1n) is 5.98. The summed E-state index contributed by atoms with van der Waals surface area (Å²) in [7, 11) is 0. The molecule has 17 heavy (non-hydrogen) atoms. The minimum Gasteiger partial charge on any atom is -0.345 e. The van der Waals surface area contributed by atoms with Gasteiger partial charge in [-0.05, 0) is 19.8 Å². The average molecular weight is 238 g/mol. The van der Waals surface area contributed by atoms with Crippen LogP contribution in [0.4, 0.5) is 0 Å². The highest BCUT2D eigenvalue weighted by Gasteiger charge is 2.36. The summed E-state index contributed by atoms with van der Waals surface area (Å²) < 4.78 is 4.64. The number of nitrogens with one attached hydrogen (secondary N) is 1. The predicted molar refractivity (Wildman–Crippen MR) is 60.9 cm³/mol. The Morgan fingerprint density at radius 1 is 1.53 bits per heavy atom. The normalized spacial score (nSPS) is 20.8. The molecule has 1 atom stereocenters. The van der Waals surface area contributed by atoms with Crippen LogP contribution in [0.3, 0.4) is 0 Å². The Balaban J connectivity index is 1.96. The van der Waals surface area contributed by atoms with Crippen LogP contribution in [0.15, 0.2) is 10.9 Å². The quantitative estimate of drug-likeness (QED) is 0.816. The molecule has 94 valence electrons. The molecular formula is C11H18N4O2. The number of aromatic nitrogens is 2. The molecule has 1 heterocycles. The Morgan fingerprint density at radius 2 is 2.24 bits per heavy atom. The van der Waals surface area contributed by atoms with Gasteiger partial charge >= 0.3 is 0 Å².